The van der Waals surface area contributed by atoms with Gasteiger partial charge in [0.2, 0.25) is 11.9 Å². The molecule has 158 valence electrons. The lowest BCUT2D eigenvalue weighted by molar-refractivity contribution is 0.392. The van der Waals surface area contributed by atoms with E-state index in [0.29, 0.717) is 11.9 Å². The van der Waals surface area contributed by atoms with Crippen LogP contribution >= 0.6 is 49.0 Å². The third-order valence-electron chi connectivity index (χ3n) is 3.64. The molecule has 0 bridgehead atoms. The van der Waals surface area contributed by atoms with Crippen LogP contribution in [0.25, 0.3) is 11.0 Å². The van der Waals surface area contributed by atoms with Gasteiger partial charge in [-0.15, -0.1) is 42.3 Å². The number of anilines is 2. The van der Waals surface area contributed by atoms with Gasteiger partial charge in [-0.25, -0.2) is 9.67 Å². The van der Waals surface area contributed by atoms with Gasteiger partial charge in [0.15, 0.2) is 0 Å². The molecule has 8 nitrogen and oxygen atoms in total. The summed E-state index contributed by atoms with van der Waals surface area (Å²) in [5.41, 5.74) is 8.97. The van der Waals surface area contributed by atoms with Crippen LogP contribution in [0.1, 0.15) is 11.4 Å². The molecule has 0 radical (unpaired) electrons. The molecule has 0 spiro atoms. The number of fused-ring (bicyclic) bond motifs is 1. The minimum Gasteiger partial charge on any atom is -0.366 e. The lowest BCUT2D eigenvalue weighted by Crippen LogP contribution is -2.11. The molecular formula is C16H27Cl3N8S. The van der Waals surface area contributed by atoms with Gasteiger partial charge in [-0.05, 0) is 31.8 Å². The highest BCUT2D eigenvalue weighted by molar-refractivity contribution is 7.98. The van der Waals surface area contributed by atoms with Gasteiger partial charge < -0.3 is 20.9 Å². The van der Waals surface area contributed by atoms with Crippen LogP contribution in [-0.4, -0.2) is 56.0 Å². The number of thioether (sulfide) groups is 1. The fourth-order valence-electron chi connectivity index (χ4n) is 2.56. The van der Waals surface area contributed by atoms with E-state index >= 15 is 0 Å². The summed E-state index contributed by atoms with van der Waals surface area (Å²) in [5.74, 6) is 3.92. The first-order chi connectivity index (χ1) is 12.0. The third kappa shape index (κ3) is 7.21. The lowest BCUT2D eigenvalue weighted by Gasteiger charge is -2.05. The first-order valence-electron chi connectivity index (χ1n) is 8.11. The molecule has 0 unspecified atom stereocenters. The van der Waals surface area contributed by atoms with E-state index in [1.807, 2.05) is 32.9 Å². The van der Waals surface area contributed by atoms with Gasteiger partial charge >= 0.3 is 0 Å². The van der Waals surface area contributed by atoms with Gasteiger partial charge in [0.1, 0.15) is 5.82 Å². The zero-order chi connectivity index (χ0) is 17.8. The topological polar surface area (TPSA) is 101 Å². The Bertz CT molecular complexity index is 852. The summed E-state index contributed by atoms with van der Waals surface area (Å²) in [7, 11) is 5.90. The largest absolute Gasteiger partial charge is 0.366 e. The van der Waals surface area contributed by atoms with Crippen LogP contribution in [0.4, 0.5) is 11.9 Å². The predicted molar refractivity (Wildman–Crippen MR) is 125 cm³/mol. The highest BCUT2D eigenvalue weighted by Gasteiger charge is 2.06. The van der Waals surface area contributed by atoms with Gasteiger partial charge in [-0.3, -0.25) is 0 Å². The first kappa shape index (κ1) is 26.6. The molecule has 0 aliphatic heterocycles. The molecule has 4 N–H and O–H groups in total. The Morgan fingerprint density at radius 2 is 1.96 bits per heavy atom. The minimum atomic E-state index is 0. The predicted octanol–water partition coefficient (Wildman–Crippen LogP) is 2.95. The normalized spacial score (nSPS) is 10.3. The second-order valence-electron chi connectivity index (χ2n) is 6.17. The van der Waals surface area contributed by atoms with Crippen molar-refractivity contribution in [3.05, 3.63) is 29.6 Å². The number of nitrogens with zero attached hydrogens (tertiary/aromatic N) is 5. The van der Waals surface area contributed by atoms with Crippen LogP contribution < -0.4 is 11.1 Å². The maximum atomic E-state index is 5.56. The van der Waals surface area contributed by atoms with Gasteiger partial charge in [-0.1, -0.05) is 6.07 Å². The number of rotatable bonds is 8. The van der Waals surface area contributed by atoms with Crippen molar-refractivity contribution in [1.29, 1.82) is 0 Å². The molecule has 0 amide bonds. The Balaban J connectivity index is 0.00000243. The smallest absolute Gasteiger partial charge is 0.241 e. The number of aromatic nitrogens is 5. The highest BCUT2D eigenvalue weighted by Crippen LogP contribution is 2.18. The van der Waals surface area contributed by atoms with Crippen LogP contribution in [0, 0.1) is 0 Å². The van der Waals surface area contributed by atoms with Crippen LogP contribution in [0.15, 0.2) is 18.2 Å². The number of aryl methyl sites for hydroxylation is 1. The monoisotopic (exact) mass is 468 g/mol. The average Bonchev–Trinajstić information content (AvgIpc) is 3.07. The number of aromatic amines is 1. The fourth-order valence-corrected chi connectivity index (χ4v) is 3.36. The standard InChI is InChI=1S/C16H24N8S.3ClH/c1-23(2)9-14-19-12-5-4-11(8-13(12)20-14)10-25-7-6-18-16-21-15(17)22-24(16)3;;;/h4-5,8H,6-7,9-10H2,1-3H3,(H,19,20)(H3,17,18,21,22);3*1H. The molecule has 3 aromatic rings. The molecule has 0 saturated carbocycles. The molecule has 2 aromatic heterocycles. The molecule has 0 saturated heterocycles. The van der Waals surface area contributed by atoms with Crippen LogP contribution in [0.5, 0.6) is 0 Å². The highest BCUT2D eigenvalue weighted by atomic mass is 35.5. The van der Waals surface area contributed by atoms with E-state index in [1.54, 1.807) is 4.68 Å². The van der Waals surface area contributed by atoms with Crippen molar-refractivity contribution in [2.75, 3.05) is 37.4 Å². The molecular weight excluding hydrogens is 443 g/mol. The first-order valence-corrected chi connectivity index (χ1v) is 9.27. The Hall–Kier alpha value is -1.39. The van der Waals surface area contributed by atoms with Crippen LogP contribution in [-0.2, 0) is 19.3 Å². The fraction of sp³-hybridized carbons (Fsp3) is 0.438. The summed E-state index contributed by atoms with van der Waals surface area (Å²) in [6.07, 6.45) is 0. The Morgan fingerprint density at radius 1 is 1.21 bits per heavy atom. The number of H-pyrrole nitrogens is 1. The lowest BCUT2D eigenvalue weighted by atomic mass is 10.2. The summed E-state index contributed by atoms with van der Waals surface area (Å²) in [6, 6.07) is 6.42. The van der Waals surface area contributed by atoms with Crippen molar-refractivity contribution in [2.45, 2.75) is 12.3 Å². The molecule has 1 aromatic carbocycles. The minimum absolute atomic E-state index is 0. The van der Waals surface area contributed by atoms with Crippen molar-refractivity contribution in [2.24, 2.45) is 7.05 Å². The number of nitrogens with two attached hydrogens (primary N) is 1. The number of nitrogens with one attached hydrogen (secondary N) is 2. The number of hydrogen-bond donors (Lipinski definition) is 3. The zero-order valence-corrected chi connectivity index (χ0v) is 19.3. The number of benzene rings is 1. The van der Waals surface area contributed by atoms with E-state index in [2.05, 4.69) is 48.5 Å². The molecule has 28 heavy (non-hydrogen) atoms. The summed E-state index contributed by atoms with van der Waals surface area (Å²) in [5, 5.41) is 7.25. The second kappa shape index (κ2) is 12.2. The van der Waals surface area contributed by atoms with Crippen LogP contribution in [0.3, 0.4) is 0 Å². The van der Waals surface area contributed by atoms with Gasteiger partial charge in [-0.2, -0.15) is 16.7 Å². The average molecular weight is 470 g/mol. The number of halogens is 3. The maximum Gasteiger partial charge on any atom is 0.241 e. The molecule has 12 heteroatoms. The number of imidazole rings is 1. The summed E-state index contributed by atoms with van der Waals surface area (Å²) < 4.78 is 1.65. The molecule has 0 fully saturated rings. The van der Waals surface area contributed by atoms with E-state index in [0.717, 1.165) is 41.5 Å². The van der Waals surface area contributed by atoms with E-state index in [1.165, 1.54) is 5.56 Å². The SMILES string of the molecule is CN(C)Cc1nc2ccc(CSCCNc3nc(N)nn3C)cc2[nH]1.Cl.Cl.Cl. The van der Waals surface area contributed by atoms with E-state index in [-0.39, 0.29) is 37.2 Å². The van der Waals surface area contributed by atoms with E-state index in [9.17, 15) is 0 Å². The van der Waals surface area contributed by atoms with Crippen LogP contribution in [0.2, 0.25) is 0 Å². The van der Waals surface area contributed by atoms with Crippen molar-refractivity contribution < 1.29 is 0 Å². The second-order valence-corrected chi connectivity index (χ2v) is 7.27. The van der Waals surface area contributed by atoms with E-state index < -0.39 is 0 Å². The Labute approximate surface area is 187 Å². The van der Waals surface area contributed by atoms with Crippen molar-refractivity contribution >= 4 is 71.9 Å². The maximum absolute atomic E-state index is 5.56. The number of nitrogen functional groups attached to an aromatic ring is 1. The molecule has 0 aliphatic rings. The molecule has 0 aliphatic carbocycles. The quantitative estimate of drug-likeness (QED) is 0.436. The van der Waals surface area contributed by atoms with Gasteiger partial charge in [0.05, 0.1) is 17.6 Å². The summed E-state index contributed by atoms with van der Waals surface area (Å²) in [4.78, 5) is 14.2. The van der Waals surface area contributed by atoms with Crippen molar-refractivity contribution in [3.63, 3.8) is 0 Å². The Kier molecular flexibility index (Phi) is 11.6. The third-order valence-corrected chi connectivity index (χ3v) is 4.67. The van der Waals surface area contributed by atoms with Crippen molar-refractivity contribution in [3.8, 4) is 0 Å². The van der Waals surface area contributed by atoms with Gasteiger partial charge in [0, 0.05) is 25.1 Å². The summed E-state index contributed by atoms with van der Waals surface area (Å²) in [6.45, 7) is 1.63. The summed E-state index contributed by atoms with van der Waals surface area (Å²) >= 11 is 1.87. The van der Waals surface area contributed by atoms with E-state index in [4.69, 9.17) is 5.73 Å². The Morgan fingerprint density at radius 3 is 2.61 bits per heavy atom. The molecule has 0 atom stereocenters. The van der Waals surface area contributed by atoms with Crippen molar-refractivity contribution in [1.82, 2.24) is 29.6 Å². The molecule has 3 rings (SSSR count). The van der Waals surface area contributed by atoms with Gasteiger partial charge in [0.25, 0.3) is 0 Å². The zero-order valence-electron chi connectivity index (χ0n) is 16.0. The molecule has 2 heterocycles. The number of hydrogen-bond acceptors (Lipinski definition) is 7.